The van der Waals surface area contributed by atoms with Crippen LogP contribution >= 0.6 is 0 Å². The van der Waals surface area contributed by atoms with Gasteiger partial charge in [0, 0.05) is 19.3 Å². The molecule has 1 heterocycles. The quantitative estimate of drug-likeness (QED) is 0.794. The van der Waals surface area contributed by atoms with E-state index in [1.165, 1.54) is 32.2 Å². The summed E-state index contributed by atoms with van der Waals surface area (Å²) in [6.45, 7) is 10.3. The van der Waals surface area contributed by atoms with Gasteiger partial charge in [-0.15, -0.1) is 0 Å². The molecule has 2 fully saturated rings. The van der Waals surface area contributed by atoms with Crippen LogP contribution in [0.2, 0.25) is 0 Å². The second-order valence-electron chi connectivity index (χ2n) is 6.63. The van der Waals surface area contributed by atoms with Crippen molar-refractivity contribution < 1.29 is 4.74 Å². The van der Waals surface area contributed by atoms with E-state index in [0.29, 0.717) is 5.41 Å². The maximum atomic E-state index is 5.41. The number of ether oxygens (including phenoxy) is 1. The Kier molecular flexibility index (Phi) is 3.91. The Balaban J connectivity index is 1.66. The molecule has 2 heteroatoms. The van der Waals surface area contributed by atoms with Crippen molar-refractivity contribution in [3.63, 3.8) is 0 Å². The van der Waals surface area contributed by atoms with Crippen molar-refractivity contribution in [1.82, 2.24) is 5.32 Å². The zero-order valence-electron chi connectivity index (χ0n) is 11.1. The number of rotatable bonds is 4. The average molecular weight is 225 g/mol. The summed E-state index contributed by atoms with van der Waals surface area (Å²) in [5.41, 5.74) is 0.549. The molecule has 0 bridgehead atoms. The molecule has 0 spiro atoms. The third-order valence-corrected chi connectivity index (χ3v) is 4.32. The Labute approximate surface area is 100 Å². The first-order chi connectivity index (χ1) is 7.57. The second kappa shape index (κ2) is 5.05. The van der Waals surface area contributed by atoms with Crippen molar-refractivity contribution in [1.29, 1.82) is 0 Å². The molecule has 0 aromatic heterocycles. The first kappa shape index (κ1) is 12.4. The highest BCUT2D eigenvalue weighted by molar-refractivity contribution is 4.91. The Morgan fingerprint density at radius 2 is 2.12 bits per heavy atom. The van der Waals surface area contributed by atoms with Gasteiger partial charge < -0.3 is 10.1 Å². The Bertz CT molecular complexity index is 221. The lowest BCUT2D eigenvalue weighted by atomic mass is 9.91. The minimum atomic E-state index is 0.549. The van der Waals surface area contributed by atoms with Crippen LogP contribution in [0.3, 0.4) is 0 Å². The van der Waals surface area contributed by atoms with E-state index in [0.717, 1.165) is 31.1 Å². The molecule has 0 radical (unpaired) electrons. The van der Waals surface area contributed by atoms with E-state index in [2.05, 4.69) is 26.1 Å². The summed E-state index contributed by atoms with van der Waals surface area (Å²) >= 11 is 0. The highest BCUT2D eigenvalue weighted by Gasteiger charge is 2.36. The van der Waals surface area contributed by atoms with Gasteiger partial charge in [-0.3, -0.25) is 0 Å². The van der Waals surface area contributed by atoms with E-state index in [1.807, 2.05) is 0 Å². The summed E-state index contributed by atoms with van der Waals surface area (Å²) < 4.78 is 5.41. The van der Waals surface area contributed by atoms with Crippen molar-refractivity contribution >= 4 is 0 Å². The van der Waals surface area contributed by atoms with E-state index >= 15 is 0 Å². The largest absolute Gasteiger partial charge is 0.381 e. The van der Waals surface area contributed by atoms with Crippen LogP contribution in [0.4, 0.5) is 0 Å². The van der Waals surface area contributed by atoms with Gasteiger partial charge in [0.05, 0.1) is 0 Å². The standard InChI is InChI=1S/C14H27NO/c1-11-8-14(2,3)9-13(11)15-6-4-12-5-7-16-10-12/h11-13,15H,4-10H2,1-3H3. The van der Waals surface area contributed by atoms with Crippen molar-refractivity contribution in [3.05, 3.63) is 0 Å². The monoisotopic (exact) mass is 225 g/mol. The molecular formula is C14H27NO. The highest BCUT2D eigenvalue weighted by Crippen LogP contribution is 2.40. The van der Waals surface area contributed by atoms with Gasteiger partial charge in [-0.1, -0.05) is 20.8 Å². The Morgan fingerprint density at radius 1 is 1.31 bits per heavy atom. The van der Waals surface area contributed by atoms with Crippen LogP contribution in [0.5, 0.6) is 0 Å². The molecule has 0 aromatic rings. The fourth-order valence-electron chi connectivity index (χ4n) is 3.45. The molecule has 2 nitrogen and oxygen atoms in total. The van der Waals surface area contributed by atoms with Crippen LogP contribution in [0.1, 0.15) is 46.5 Å². The number of nitrogens with one attached hydrogen (secondary N) is 1. The van der Waals surface area contributed by atoms with E-state index in [9.17, 15) is 0 Å². The molecule has 16 heavy (non-hydrogen) atoms. The maximum absolute atomic E-state index is 5.41. The fourth-order valence-corrected chi connectivity index (χ4v) is 3.45. The SMILES string of the molecule is CC1CC(C)(C)CC1NCCC1CCOC1. The molecule has 94 valence electrons. The summed E-state index contributed by atoms with van der Waals surface area (Å²) in [6, 6.07) is 0.748. The number of hydrogen-bond donors (Lipinski definition) is 1. The topological polar surface area (TPSA) is 21.3 Å². The lowest BCUT2D eigenvalue weighted by Crippen LogP contribution is -2.33. The Hall–Kier alpha value is -0.0800. The average Bonchev–Trinajstić information content (AvgIpc) is 2.75. The molecule has 0 aromatic carbocycles. The van der Waals surface area contributed by atoms with Crippen molar-refractivity contribution in [2.24, 2.45) is 17.3 Å². The molecule has 2 rings (SSSR count). The van der Waals surface area contributed by atoms with Crippen LogP contribution in [0.15, 0.2) is 0 Å². The lowest BCUT2D eigenvalue weighted by molar-refractivity contribution is 0.183. The van der Waals surface area contributed by atoms with Crippen molar-refractivity contribution in [2.75, 3.05) is 19.8 Å². The third kappa shape index (κ3) is 3.21. The van der Waals surface area contributed by atoms with Crippen LogP contribution in [0.25, 0.3) is 0 Å². The smallest absolute Gasteiger partial charge is 0.0495 e. The normalized spacial score (nSPS) is 38.1. The van der Waals surface area contributed by atoms with Gasteiger partial charge in [-0.2, -0.15) is 0 Å². The molecule has 2 aliphatic rings. The van der Waals surface area contributed by atoms with Crippen molar-refractivity contribution in [3.8, 4) is 0 Å². The molecule has 0 amide bonds. The summed E-state index contributed by atoms with van der Waals surface area (Å²) in [7, 11) is 0. The van der Waals surface area contributed by atoms with E-state index < -0.39 is 0 Å². The first-order valence-electron chi connectivity index (χ1n) is 6.88. The lowest BCUT2D eigenvalue weighted by Gasteiger charge is -2.19. The van der Waals surface area contributed by atoms with E-state index in [1.54, 1.807) is 0 Å². The predicted octanol–water partition coefficient (Wildman–Crippen LogP) is 2.83. The van der Waals surface area contributed by atoms with E-state index in [4.69, 9.17) is 4.74 Å². The van der Waals surface area contributed by atoms with Crippen LogP contribution in [-0.4, -0.2) is 25.8 Å². The van der Waals surface area contributed by atoms with Gasteiger partial charge >= 0.3 is 0 Å². The minimum absolute atomic E-state index is 0.549. The zero-order chi connectivity index (χ0) is 11.6. The van der Waals surface area contributed by atoms with Gasteiger partial charge in [-0.25, -0.2) is 0 Å². The number of hydrogen-bond acceptors (Lipinski definition) is 2. The molecule has 1 saturated carbocycles. The maximum Gasteiger partial charge on any atom is 0.0495 e. The van der Waals surface area contributed by atoms with E-state index in [-0.39, 0.29) is 0 Å². The van der Waals surface area contributed by atoms with Crippen LogP contribution in [-0.2, 0) is 4.74 Å². The molecule has 3 atom stereocenters. The predicted molar refractivity (Wildman–Crippen MR) is 67.5 cm³/mol. The second-order valence-corrected chi connectivity index (χ2v) is 6.63. The molecule has 1 aliphatic carbocycles. The van der Waals surface area contributed by atoms with Crippen LogP contribution in [0, 0.1) is 17.3 Å². The highest BCUT2D eigenvalue weighted by atomic mass is 16.5. The first-order valence-corrected chi connectivity index (χ1v) is 6.88. The summed E-state index contributed by atoms with van der Waals surface area (Å²) in [5, 5.41) is 3.76. The van der Waals surface area contributed by atoms with Gasteiger partial charge in [0.2, 0.25) is 0 Å². The minimum Gasteiger partial charge on any atom is -0.381 e. The van der Waals surface area contributed by atoms with Crippen molar-refractivity contribution in [2.45, 2.75) is 52.5 Å². The summed E-state index contributed by atoms with van der Waals surface area (Å²) in [5.74, 6) is 1.66. The van der Waals surface area contributed by atoms with Gasteiger partial charge in [0.25, 0.3) is 0 Å². The van der Waals surface area contributed by atoms with Gasteiger partial charge in [0.1, 0.15) is 0 Å². The molecule has 1 saturated heterocycles. The Morgan fingerprint density at radius 3 is 2.69 bits per heavy atom. The molecule has 3 unspecified atom stereocenters. The third-order valence-electron chi connectivity index (χ3n) is 4.32. The summed E-state index contributed by atoms with van der Waals surface area (Å²) in [6.07, 6.45) is 5.28. The van der Waals surface area contributed by atoms with Gasteiger partial charge in [0.15, 0.2) is 0 Å². The molecule has 1 aliphatic heterocycles. The fraction of sp³-hybridized carbons (Fsp3) is 1.00. The van der Waals surface area contributed by atoms with Crippen LogP contribution < -0.4 is 5.32 Å². The molecular weight excluding hydrogens is 198 g/mol. The summed E-state index contributed by atoms with van der Waals surface area (Å²) in [4.78, 5) is 0. The van der Waals surface area contributed by atoms with Gasteiger partial charge in [-0.05, 0) is 49.5 Å². The molecule has 1 N–H and O–H groups in total. The zero-order valence-corrected chi connectivity index (χ0v) is 11.1.